The van der Waals surface area contributed by atoms with Crippen molar-refractivity contribution in [3.8, 4) is 0 Å². The minimum atomic E-state index is -3.63. The number of nitrogen functional groups attached to an aromatic ring is 1. The zero-order chi connectivity index (χ0) is 15.0. The van der Waals surface area contributed by atoms with Crippen molar-refractivity contribution in [1.29, 1.82) is 0 Å². The van der Waals surface area contributed by atoms with E-state index in [0.717, 1.165) is 12.8 Å². The Labute approximate surface area is 124 Å². The molecule has 2 aromatic heterocycles. The molecule has 3 rings (SSSR count). The van der Waals surface area contributed by atoms with Crippen LogP contribution in [0.2, 0.25) is 0 Å². The number of nitrogens with zero attached hydrogens (tertiary/aromatic N) is 3. The van der Waals surface area contributed by atoms with Crippen LogP contribution in [0.25, 0.3) is 5.65 Å². The average molecular weight is 308 g/mol. The van der Waals surface area contributed by atoms with Crippen LogP contribution in [0.4, 0.5) is 5.82 Å². The molecule has 21 heavy (non-hydrogen) atoms. The van der Waals surface area contributed by atoms with Gasteiger partial charge in [0.15, 0.2) is 10.8 Å². The van der Waals surface area contributed by atoms with Crippen molar-refractivity contribution in [1.82, 2.24) is 13.7 Å². The van der Waals surface area contributed by atoms with Crippen molar-refractivity contribution in [3.05, 3.63) is 24.4 Å². The maximum absolute atomic E-state index is 12.8. The Morgan fingerprint density at radius 3 is 2.81 bits per heavy atom. The summed E-state index contributed by atoms with van der Waals surface area (Å²) in [7, 11) is -2.01. The van der Waals surface area contributed by atoms with Gasteiger partial charge in [-0.25, -0.2) is 13.4 Å². The predicted octanol–water partition coefficient (Wildman–Crippen LogP) is 1.73. The molecule has 0 amide bonds. The minimum Gasteiger partial charge on any atom is -0.381 e. The molecule has 0 aromatic carbocycles. The van der Waals surface area contributed by atoms with Crippen LogP contribution in [0.5, 0.6) is 0 Å². The summed E-state index contributed by atoms with van der Waals surface area (Å²) >= 11 is 0. The molecule has 0 spiro atoms. The molecule has 1 aliphatic carbocycles. The Morgan fingerprint density at radius 1 is 1.38 bits per heavy atom. The molecular weight excluding hydrogens is 288 g/mol. The van der Waals surface area contributed by atoms with Crippen molar-refractivity contribution in [2.45, 2.75) is 30.7 Å². The summed E-state index contributed by atoms with van der Waals surface area (Å²) in [5.41, 5.74) is 6.39. The molecule has 1 saturated carbocycles. The summed E-state index contributed by atoms with van der Waals surface area (Å²) in [4.78, 5) is 4.13. The number of hydrogen-bond acceptors (Lipinski definition) is 4. The normalized spacial score (nSPS) is 17.0. The van der Waals surface area contributed by atoms with E-state index >= 15 is 0 Å². The lowest BCUT2D eigenvalue weighted by Crippen LogP contribution is -2.32. The van der Waals surface area contributed by atoms with Gasteiger partial charge in [0, 0.05) is 19.8 Å². The number of imidazole rings is 1. The van der Waals surface area contributed by atoms with E-state index < -0.39 is 10.0 Å². The molecule has 2 aromatic rings. The van der Waals surface area contributed by atoms with Crippen LogP contribution >= 0.6 is 0 Å². The van der Waals surface area contributed by atoms with Crippen molar-refractivity contribution in [3.63, 3.8) is 0 Å². The van der Waals surface area contributed by atoms with Crippen molar-refractivity contribution < 1.29 is 8.42 Å². The van der Waals surface area contributed by atoms with E-state index in [1.165, 1.54) is 21.5 Å². The van der Waals surface area contributed by atoms with Gasteiger partial charge in [0.05, 0.1) is 0 Å². The number of rotatable bonds is 4. The summed E-state index contributed by atoms with van der Waals surface area (Å²) in [6.45, 7) is 0.543. The number of hydrogen-bond donors (Lipinski definition) is 1. The van der Waals surface area contributed by atoms with Gasteiger partial charge in [-0.15, -0.1) is 0 Å². The summed E-state index contributed by atoms with van der Waals surface area (Å²) in [5.74, 6) is 0.504. The molecule has 6 nitrogen and oxygen atoms in total. The van der Waals surface area contributed by atoms with E-state index in [2.05, 4.69) is 4.98 Å². The first-order valence-corrected chi connectivity index (χ1v) is 8.63. The standard InChI is InChI=1S/C14H20N4O2S/c1-17(10-11-6-2-3-7-11)21(19,20)14-13(15)16-12-8-4-5-9-18(12)14/h4-5,8-9,11H,2-3,6-7,10,15H2,1H3. The van der Waals surface area contributed by atoms with Crippen LogP contribution in [-0.2, 0) is 10.0 Å². The van der Waals surface area contributed by atoms with Gasteiger partial charge in [0.25, 0.3) is 10.0 Å². The van der Waals surface area contributed by atoms with Crippen LogP contribution < -0.4 is 5.73 Å². The van der Waals surface area contributed by atoms with E-state index in [9.17, 15) is 8.42 Å². The third kappa shape index (κ3) is 2.51. The molecule has 1 aliphatic rings. The molecule has 2 heterocycles. The lowest BCUT2D eigenvalue weighted by atomic mass is 10.1. The third-order valence-corrected chi connectivity index (χ3v) is 6.02. The average Bonchev–Trinajstić information content (AvgIpc) is 3.04. The Balaban J connectivity index is 1.97. The number of anilines is 1. The molecule has 0 unspecified atom stereocenters. The summed E-state index contributed by atoms with van der Waals surface area (Å²) < 4.78 is 28.6. The highest BCUT2D eigenvalue weighted by atomic mass is 32.2. The molecule has 0 bridgehead atoms. The number of sulfonamides is 1. The highest BCUT2D eigenvalue weighted by Gasteiger charge is 2.30. The molecule has 2 N–H and O–H groups in total. The predicted molar refractivity (Wildman–Crippen MR) is 81.4 cm³/mol. The lowest BCUT2D eigenvalue weighted by molar-refractivity contribution is 0.386. The first kappa shape index (κ1) is 14.3. The lowest BCUT2D eigenvalue weighted by Gasteiger charge is -2.20. The van der Waals surface area contributed by atoms with Crippen molar-refractivity contribution in [2.24, 2.45) is 5.92 Å². The SMILES string of the molecule is CN(CC1CCCC1)S(=O)(=O)c1c(N)nc2ccccn12. The number of nitrogens with two attached hydrogens (primary N) is 1. The van der Waals surface area contributed by atoms with Gasteiger partial charge in [-0.05, 0) is 30.9 Å². The van der Waals surface area contributed by atoms with Gasteiger partial charge >= 0.3 is 0 Å². The summed E-state index contributed by atoms with van der Waals surface area (Å²) in [5, 5.41) is 0.0681. The van der Waals surface area contributed by atoms with Gasteiger partial charge in [-0.1, -0.05) is 18.9 Å². The second kappa shape index (κ2) is 5.31. The van der Waals surface area contributed by atoms with E-state index in [-0.39, 0.29) is 10.8 Å². The maximum Gasteiger partial charge on any atom is 0.262 e. The van der Waals surface area contributed by atoms with Gasteiger partial charge in [-0.2, -0.15) is 4.31 Å². The van der Waals surface area contributed by atoms with Gasteiger partial charge in [0.2, 0.25) is 0 Å². The largest absolute Gasteiger partial charge is 0.381 e. The minimum absolute atomic E-state index is 0.0551. The Kier molecular flexibility index (Phi) is 3.62. The molecule has 0 aliphatic heterocycles. The van der Waals surface area contributed by atoms with Crippen LogP contribution in [-0.4, -0.2) is 35.7 Å². The Hall–Kier alpha value is -1.60. The van der Waals surface area contributed by atoms with E-state index in [4.69, 9.17) is 5.73 Å². The van der Waals surface area contributed by atoms with Crippen LogP contribution in [0, 0.1) is 5.92 Å². The van der Waals surface area contributed by atoms with Crippen LogP contribution in [0.15, 0.2) is 29.4 Å². The molecule has 7 heteroatoms. The first-order chi connectivity index (χ1) is 10.00. The van der Waals surface area contributed by atoms with E-state index in [0.29, 0.717) is 18.1 Å². The second-order valence-corrected chi connectivity index (χ2v) is 7.63. The molecule has 1 fully saturated rings. The fourth-order valence-electron chi connectivity index (χ4n) is 3.05. The van der Waals surface area contributed by atoms with Gasteiger partial charge in [-0.3, -0.25) is 4.40 Å². The monoisotopic (exact) mass is 308 g/mol. The van der Waals surface area contributed by atoms with Crippen LogP contribution in [0.1, 0.15) is 25.7 Å². The van der Waals surface area contributed by atoms with Crippen LogP contribution in [0.3, 0.4) is 0 Å². The van der Waals surface area contributed by atoms with Crippen molar-refractivity contribution in [2.75, 3.05) is 19.3 Å². The van der Waals surface area contributed by atoms with E-state index in [1.54, 1.807) is 31.4 Å². The Bertz CT molecular complexity index is 747. The smallest absolute Gasteiger partial charge is 0.262 e. The highest BCUT2D eigenvalue weighted by molar-refractivity contribution is 7.89. The number of aromatic nitrogens is 2. The molecule has 0 radical (unpaired) electrons. The maximum atomic E-state index is 12.8. The zero-order valence-electron chi connectivity index (χ0n) is 12.1. The third-order valence-electron chi connectivity index (χ3n) is 4.16. The fraction of sp³-hybridized carbons (Fsp3) is 0.500. The first-order valence-electron chi connectivity index (χ1n) is 7.19. The molecular formula is C14H20N4O2S. The molecule has 0 atom stereocenters. The summed E-state index contributed by atoms with van der Waals surface area (Å²) in [6.07, 6.45) is 6.26. The van der Waals surface area contributed by atoms with Gasteiger partial charge < -0.3 is 5.73 Å². The topological polar surface area (TPSA) is 80.7 Å². The Morgan fingerprint density at radius 2 is 2.10 bits per heavy atom. The van der Waals surface area contributed by atoms with Gasteiger partial charge in [0.1, 0.15) is 5.65 Å². The fourth-order valence-corrected chi connectivity index (χ4v) is 4.47. The summed E-state index contributed by atoms with van der Waals surface area (Å²) in [6, 6.07) is 5.32. The number of fused-ring (bicyclic) bond motifs is 1. The highest BCUT2D eigenvalue weighted by Crippen LogP contribution is 2.28. The molecule has 0 saturated heterocycles. The van der Waals surface area contributed by atoms with E-state index in [1.807, 2.05) is 0 Å². The second-order valence-electron chi connectivity index (χ2n) is 5.67. The van der Waals surface area contributed by atoms with Crippen molar-refractivity contribution >= 4 is 21.5 Å². The zero-order valence-corrected chi connectivity index (χ0v) is 12.9. The number of pyridine rings is 1. The quantitative estimate of drug-likeness (QED) is 0.932. The molecule has 114 valence electrons.